The van der Waals surface area contributed by atoms with E-state index in [-0.39, 0.29) is 11.7 Å². The number of aryl methyl sites for hydroxylation is 2. The van der Waals surface area contributed by atoms with E-state index in [1.54, 1.807) is 29.2 Å². The number of ether oxygens (including phenoxy) is 1. The summed E-state index contributed by atoms with van der Waals surface area (Å²) in [6, 6.07) is 10.00. The molecule has 4 rings (SSSR count). The molecule has 1 amide bonds. The minimum Gasteiger partial charge on any atom is -0.478 e. The van der Waals surface area contributed by atoms with Gasteiger partial charge in [-0.2, -0.15) is 10.1 Å². The molecule has 3 heterocycles. The maximum absolute atomic E-state index is 13.8. The van der Waals surface area contributed by atoms with E-state index in [1.807, 2.05) is 32.9 Å². The first kappa shape index (κ1) is 22.4. The molecule has 4 aromatic rings. The molecule has 7 nitrogen and oxygen atoms in total. The zero-order valence-electron chi connectivity index (χ0n) is 18.9. The van der Waals surface area contributed by atoms with Crippen LogP contribution in [-0.4, -0.2) is 32.3 Å². The van der Waals surface area contributed by atoms with Crippen molar-refractivity contribution in [2.75, 3.05) is 6.61 Å². The molecule has 0 radical (unpaired) electrons. The quantitative estimate of drug-likeness (QED) is 0.437. The second-order valence-electron chi connectivity index (χ2n) is 7.77. The molecule has 0 spiro atoms. The van der Waals surface area contributed by atoms with Gasteiger partial charge in [-0.3, -0.25) is 9.78 Å². The lowest BCUT2D eigenvalue weighted by Gasteiger charge is -2.14. The van der Waals surface area contributed by atoms with Gasteiger partial charge in [0.1, 0.15) is 5.82 Å². The van der Waals surface area contributed by atoms with Gasteiger partial charge in [0.15, 0.2) is 5.65 Å². The maximum Gasteiger partial charge on any atom is 0.220 e. The van der Waals surface area contributed by atoms with E-state index in [9.17, 15) is 9.18 Å². The molecule has 0 aliphatic rings. The number of carbonyl (C=O) groups excluding carboxylic acids is 1. The Morgan fingerprint density at radius 1 is 1.21 bits per heavy atom. The molecule has 8 heteroatoms. The summed E-state index contributed by atoms with van der Waals surface area (Å²) in [4.78, 5) is 21.3. The number of halogens is 1. The number of hydrogen-bond donors (Lipinski definition) is 1. The highest BCUT2D eigenvalue weighted by Crippen LogP contribution is 2.32. The first-order valence-electron chi connectivity index (χ1n) is 10.9. The second-order valence-corrected chi connectivity index (χ2v) is 7.77. The van der Waals surface area contributed by atoms with Crippen molar-refractivity contribution in [2.24, 2.45) is 0 Å². The average Bonchev–Trinajstić information content (AvgIpc) is 3.14. The highest BCUT2D eigenvalue weighted by atomic mass is 19.1. The van der Waals surface area contributed by atoms with Gasteiger partial charge >= 0.3 is 0 Å². The van der Waals surface area contributed by atoms with E-state index < -0.39 is 0 Å². The predicted octanol–water partition coefficient (Wildman–Crippen LogP) is 4.22. The minimum absolute atomic E-state index is 0.0621. The third-order valence-corrected chi connectivity index (χ3v) is 5.48. The summed E-state index contributed by atoms with van der Waals surface area (Å²) in [5.41, 5.74) is 4.75. The SMILES string of the molecule is CCOc1nc2c(c(C)nn2-c2cccc(F)c2)c(C)c1CCC(=O)NCc1cccnc1. The third kappa shape index (κ3) is 4.84. The van der Waals surface area contributed by atoms with E-state index in [0.717, 1.165) is 27.8 Å². The van der Waals surface area contributed by atoms with Crippen LogP contribution in [0.3, 0.4) is 0 Å². The van der Waals surface area contributed by atoms with Crippen molar-refractivity contribution in [3.63, 3.8) is 0 Å². The molecule has 170 valence electrons. The van der Waals surface area contributed by atoms with Crippen LogP contribution in [0.15, 0.2) is 48.8 Å². The number of benzene rings is 1. The average molecular weight is 448 g/mol. The molecule has 0 aliphatic carbocycles. The molecule has 0 aliphatic heterocycles. The van der Waals surface area contributed by atoms with Gasteiger partial charge in [-0.25, -0.2) is 9.07 Å². The smallest absolute Gasteiger partial charge is 0.220 e. The monoisotopic (exact) mass is 447 g/mol. The normalized spacial score (nSPS) is 11.0. The summed E-state index contributed by atoms with van der Waals surface area (Å²) in [5, 5.41) is 8.42. The fourth-order valence-electron chi connectivity index (χ4n) is 3.90. The van der Waals surface area contributed by atoms with Crippen molar-refractivity contribution in [3.8, 4) is 11.6 Å². The Morgan fingerprint density at radius 3 is 2.79 bits per heavy atom. The summed E-state index contributed by atoms with van der Waals surface area (Å²) >= 11 is 0. The van der Waals surface area contributed by atoms with Gasteiger partial charge in [0.2, 0.25) is 11.8 Å². The lowest BCUT2D eigenvalue weighted by atomic mass is 10.0. The topological polar surface area (TPSA) is 81.9 Å². The lowest BCUT2D eigenvalue weighted by molar-refractivity contribution is -0.121. The fourth-order valence-corrected chi connectivity index (χ4v) is 3.90. The first-order chi connectivity index (χ1) is 16.0. The summed E-state index contributed by atoms with van der Waals surface area (Å²) in [5.74, 6) is 0.0672. The third-order valence-electron chi connectivity index (χ3n) is 5.48. The van der Waals surface area contributed by atoms with Crippen LogP contribution in [-0.2, 0) is 17.8 Å². The number of rotatable bonds is 8. The van der Waals surface area contributed by atoms with Crippen LogP contribution >= 0.6 is 0 Å². The number of hydrogen-bond acceptors (Lipinski definition) is 5. The molecule has 3 aromatic heterocycles. The van der Waals surface area contributed by atoms with Crippen molar-refractivity contribution < 1.29 is 13.9 Å². The number of amides is 1. The molecule has 1 N–H and O–H groups in total. The van der Waals surface area contributed by atoms with Crippen LogP contribution < -0.4 is 10.1 Å². The Balaban J connectivity index is 1.62. The number of carbonyl (C=O) groups is 1. The highest BCUT2D eigenvalue weighted by molar-refractivity contribution is 5.86. The van der Waals surface area contributed by atoms with Crippen LogP contribution in [0.5, 0.6) is 5.88 Å². The number of nitrogens with one attached hydrogen (secondary N) is 1. The number of nitrogens with zero attached hydrogens (tertiary/aromatic N) is 4. The van der Waals surface area contributed by atoms with Crippen LogP contribution in [0.25, 0.3) is 16.7 Å². The van der Waals surface area contributed by atoms with Gasteiger partial charge in [-0.15, -0.1) is 0 Å². The predicted molar refractivity (Wildman–Crippen MR) is 124 cm³/mol. The molecule has 0 atom stereocenters. The Bertz CT molecular complexity index is 1290. The van der Waals surface area contributed by atoms with Gasteiger partial charge in [0.25, 0.3) is 0 Å². The largest absolute Gasteiger partial charge is 0.478 e. The van der Waals surface area contributed by atoms with E-state index >= 15 is 0 Å². The Labute approximate surface area is 191 Å². The van der Waals surface area contributed by atoms with Crippen molar-refractivity contribution in [1.29, 1.82) is 0 Å². The number of fused-ring (bicyclic) bond motifs is 1. The van der Waals surface area contributed by atoms with Gasteiger partial charge in [-0.05, 0) is 62.6 Å². The fraction of sp³-hybridized carbons (Fsp3) is 0.280. The Kier molecular flexibility index (Phi) is 6.63. The zero-order valence-corrected chi connectivity index (χ0v) is 18.9. The Hall–Kier alpha value is -3.81. The summed E-state index contributed by atoms with van der Waals surface area (Å²) in [6.07, 6.45) is 4.21. The molecule has 33 heavy (non-hydrogen) atoms. The van der Waals surface area contributed by atoms with Crippen molar-refractivity contribution in [1.82, 2.24) is 25.1 Å². The van der Waals surface area contributed by atoms with Crippen LogP contribution in [0.1, 0.15) is 35.7 Å². The maximum atomic E-state index is 13.8. The molecule has 0 bridgehead atoms. The van der Waals surface area contributed by atoms with E-state index in [1.165, 1.54) is 12.1 Å². The van der Waals surface area contributed by atoms with E-state index in [0.29, 0.717) is 43.2 Å². The van der Waals surface area contributed by atoms with Gasteiger partial charge in [0.05, 0.1) is 18.0 Å². The number of aromatic nitrogens is 4. The van der Waals surface area contributed by atoms with E-state index in [2.05, 4.69) is 15.4 Å². The first-order valence-corrected chi connectivity index (χ1v) is 10.9. The second kappa shape index (κ2) is 9.77. The van der Waals surface area contributed by atoms with Crippen LogP contribution in [0.2, 0.25) is 0 Å². The standard InChI is InChI=1S/C25H26FN5O2/c1-4-33-25-21(10-11-22(32)28-15-18-7-6-12-27-14-18)16(2)23-17(3)30-31(24(23)29-25)20-9-5-8-19(26)13-20/h5-9,12-14H,4,10-11,15H2,1-3H3,(H,28,32). The summed E-state index contributed by atoms with van der Waals surface area (Å²) < 4.78 is 21.3. The number of pyridine rings is 2. The Morgan fingerprint density at radius 2 is 2.06 bits per heavy atom. The van der Waals surface area contributed by atoms with Crippen molar-refractivity contribution in [2.45, 2.75) is 40.2 Å². The van der Waals surface area contributed by atoms with Crippen LogP contribution in [0.4, 0.5) is 4.39 Å². The molecule has 0 unspecified atom stereocenters. The molecule has 0 saturated heterocycles. The highest BCUT2D eigenvalue weighted by Gasteiger charge is 2.20. The minimum atomic E-state index is -0.343. The van der Waals surface area contributed by atoms with Crippen molar-refractivity contribution >= 4 is 16.9 Å². The summed E-state index contributed by atoms with van der Waals surface area (Å²) in [7, 11) is 0. The summed E-state index contributed by atoms with van der Waals surface area (Å²) in [6.45, 7) is 6.64. The molecular formula is C25H26FN5O2. The van der Waals surface area contributed by atoms with Crippen molar-refractivity contribution in [3.05, 3.63) is 77.0 Å². The zero-order chi connectivity index (χ0) is 23.4. The van der Waals surface area contributed by atoms with Gasteiger partial charge < -0.3 is 10.1 Å². The van der Waals surface area contributed by atoms with Gasteiger partial charge in [-0.1, -0.05) is 12.1 Å². The molecule has 1 aromatic carbocycles. The van der Waals surface area contributed by atoms with Crippen LogP contribution in [0, 0.1) is 19.7 Å². The van der Waals surface area contributed by atoms with E-state index in [4.69, 9.17) is 9.72 Å². The lowest BCUT2D eigenvalue weighted by Crippen LogP contribution is -2.23. The molecule has 0 fully saturated rings. The molecular weight excluding hydrogens is 421 g/mol. The molecule has 0 saturated carbocycles. The van der Waals surface area contributed by atoms with Gasteiger partial charge in [0, 0.05) is 36.3 Å².